The molecule has 1 aliphatic heterocycles. The number of piperidine rings is 1. The summed E-state index contributed by atoms with van der Waals surface area (Å²) < 4.78 is 1.64. The molecule has 2 aromatic heterocycles. The number of carbonyl (C=O) groups is 1. The van der Waals surface area contributed by atoms with Crippen LogP contribution in [0.15, 0.2) is 24.8 Å². The Morgan fingerprint density at radius 3 is 3.00 bits per heavy atom. The lowest BCUT2D eigenvalue weighted by molar-refractivity contribution is 0.0916. The van der Waals surface area contributed by atoms with E-state index in [4.69, 9.17) is 5.26 Å². The summed E-state index contributed by atoms with van der Waals surface area (Å²) in [5, 5.41) is 15.9. The van der Waals surface area contributed by atoms with E-state index in [-0.39, 0.29) is 11.9 Å². The molecule has 0 aliphatic carbocycles. The molecule has 3 heterocycles. The summed E-state index contributed by atoms with van der Waals surface area (Å²) in [7, 11) is 0. The quantitative estimate of drug-likeness (QED) is 0.827. The smallest absolute Gasteiger partial charge is 0.255 e. The van der Waals surface area contributed by atoms with Gasteiger partial charge in [0.1, 0.15) is 0 Å². The van der Waals surface area contributed by atoms with Crippen LogP contribution in [0.1, 0.15) is 23.2 Å². The van der Waals surface area contributed by atoms with Crippen molar-refractivity contribution in [1.29, 1.82) is 5.26 Å². The van der Waals surface area contributed by atoms with Gasteiger partial charge in [-0.05, 0) is 12.8 Å². The zero-order chi connectivity index (χ0) is 14.7. The lowest BCUT2D eigenvalue weighted by Gasteiger charge is -2.30. The Kier molecular flexibility index (Phi) is 3.79. The summed E-state index contributed by atoms with van der Waals surface area (Å²) in [6, 6.07) is 2.31. The van der Waals surface area contributed by atoms with Crippen molar-refractivity contribution in [1.82, 2.24) is 24.8 Å². The molecule has 2 aromatic rings. The topological polar surface area (TPSA) is 86.3 Å². The van der Waals surface area contributed by atoms with Gasteiger partial charge >= 0.3 is 0 Å². The second-order valence-electron chi connectivity index (χ2n) is 5.15. The van der Waals surface area contributed by atoms with E-state index in [1.54, 1.807) is 29.3 Å². The van der Waals surface area contributed by atoms with Crippen molar-refractivity contribution in [3.63, 3.8) is 0 Å². The molecular formula is C14H16N6O. The minimum Gasteiger partial charge on any atom is -0.349 e. The number of fused-ring (bicyclic) bond motifs is 1. The second kappa shape index (κ2) is 5.89. The van der Waals surface area contributed by atoms with Gasteiger partial charge in [-0.25, -0.2) is 4.52 Å². The van der Waals surface area contributed by atoms with Gasteiger partial charge in [-0.1, -0.05) is 0 Å². The third kappa shape index (κ3) is 2.85. The molecule has 0 bridgehead atoms. The van der Waals surface area contributed by atoms with Gasteiger partial charge in [-0.15, -0.1) is 0 Å². The van der Waals surface area contributed by atoms with Gasteiger partial charge in [0, 0.05) is 31.5 Å². The molecule has 0 unspecified atom stereocenters. The molecule has 1 aliphatic rings. The van der Waals surface area contributed by atoms with Crippen molar-refractivity contribution in [2.75, 3.05) is 19.6 Å². The first-order valence-corrected chi connectivity index (χ1v) is 6.95. The maximum absolute atomic E-state index is 12.3. The molecule has 7 nitrogen and oxygen atoms in total. The van der Waals surface area contributed by atoms with Crippen LogP contribution in [-0.2, 0) is 0 Å². The largest absolute Gasteiger partial charge is 0.349 e. The van der Waals surface area contributed by atoms with Crippen molar-refractivity contribution in [3.8, 4) is 6.07 Å². The average Bonchev–Trinajstić information content (AvgIpc) is 2.93. The number of aromatic nitrogens is 3. The Morgan fingerprint density at radius 1 is 1.43 bits per heavy atom. The lowest BCUT2D eigenvalue weighted by Crippen LogP contribution is -2.44. The number of nitrogens with one attached hydrogen (secondary N) is 1. The number of nitrogens with zero attached hydrogens (tertiary/aromatic N) is 5. The highest BCUT2D eigenvalue weighted by Crippen LogP contribution is 2.13. The fraction of sp³-hybridized carbons (Fsp3) is 0.429. The van der Waals surface area contributed by atoms with Crippen LogP contribution in [0.4, 0.5) is 0 Å². The van der Waals surface area contributed by atoms with Gasteiger partial charge in [0.15, 0.2) is 0 Å². The summed E-state index contributed by atoms with van der Waals surface area (Å²) in [4.78, 5) is 18.5. The molecule has 0 aromatic carbocycles. The van der Waals surface area contributed by atoms with Crippen LogP contribution < -0.4 is 5.32 Å². The van der Waals surface area contributed by atoms with Crippen molar-refractivity contribution in [2.45, 2.75) is 18.9 Å². The molecule has 0 atom stereocenters. The third-order valence-electron chi connectivity index (χ3n) is 3.79. The molecule has 1 amide bonds. The van der Waals surface area contributed by atoms with E-state index in [1.807, 2.05) is 0 Å². The van der Waals surface area contributed by atoms with E-state index in [2.05, 4.69) is 26.4 Å². The summed E-state index contributed by atoms with van der Waals surface area (Å²) in [6.07, 6.45) is 8.28. The molecule has 0 saturated carbocycles. The van der Waals surface area contributed by atoms with Crippen LogP contribution in [-0.4, -0.2) is 51.1 Å². The fourth-order valence-corrected chi connectivity index (χ4v) is 2.61. The van der Waals surface area contributed by atoms with Crippen LogP contribution in [0, 0.1) is 11.3 Å². The number of carbonyl (C=O) groups excluding carboxylic acids is 1. The summed E-state index contributed by atoms with van der Waals surface area (Å²) in [5.74, 6) is -0.114. The Balaban J connectivity index is 1.64. The van der Waals surface area contributed by atoms with E-state index >= 15 is 0 Å². The highest BCUT2D eigenvalue weighted by Gasteiger charge is 2.22. The van der Waals surface area contributed by atoms with E-state index < -0.39 is 0 Å². The normalized spacial score (nSPS) is 16.7. The summed E-state index contributed by atoms with van der Waals surface area (Å²) in [5.41, 5.74) is 1.25. The minimum atomic E-state index is -0.114. The first kappa shape index (κ1) is 13.5. The summed E-state index contributed by atoms with van der Waals surface area (Å²) >= 11 is 0. The van der Waals surface area contributed by atoms with E-state index in [0.29, 0.717) is 17.6 Å². The molecule has 0 radical (unpaired) electrons. The molecule has 21 heavy (non-hydrogen) atoms. The lowest BCUT2D eigenvalue weighted by atomic mass is 10.0. The molecule has 1 saturated heterocycles. The molecule has 7 heteroatoms. The average molecular weight is 284 g/mol. The second-order valence-corrected chi connectivity index (χ2v) is 5.15. The fourth-order valence-electron chi connectivity index (χ4n) is 2.61. The number of hydrogen-bond donors (Lipinski definition) is 1. The Morgan fingerprint density at radius 2 is 2.24 bits per heavy atom. The van der Waals surface area contributed by atoms with Gasteiger partial charge in [0.05, 0.1) is 36.1 Å². The zero-order valence-electron chi connectivity index (χ0n) is 11.6. The van der Waals surface area contributed by atoms with Crippen LogP contribution >= 0.6 is 0 Å². The highest BCUT2D eigenvalue weighted by atomic mass is 16.1. The predicted octanol–water partition coefficient (Wildman–Crippen LogP) is 0.447. The molecule has 1 N–H and O–H groups in total. The van der Waals surface area contributed by atoms with Crippen LogP contribution in [0.3, 0.4) is 0 Å². The number of rotatable bonds is 3. The highest BCUT2D eigenvalue weighted by molar-refractivity contribution is 6.00. The molecular weight excluding hydrogens is 268 g/mol. The maximum atomic E-state index is 12.3. The molecule has 1 fully saturated rings. The van der Waals surface area contributed by atoms with Crippen LogP contribution in [0.2, 0.25) is 0 Å². The van der Waals surface area contributed by atoms with Gasteiger partial charge in [-0.2, -0.15) is 10.4 Å². The van der Waals surface area contributed by atoms with Gasteiger partial charge in [0.25, 0.3) is 5.91 Å². The monoisotopic (exact) mass is 284 g/mol. The molecule has 108 valence electrons. The first-order chi connectivity index (χ1) is 10.3. The maximum Gasteiger partial charge on any atom is 0.255 e. The van der Waals surface area contributed by atoms with Crippen molar-refractivity contribution in [3.05, 3.63) is 30.4 Å². The summed E-state index contributed by atoms with van der Waals surface area (Å²) in [6.45, 7) is 2.14. The van der Waals surface area contributed by atoms with E-state index in [1.165, 1.54) is 0 Å². The SMILES string of the molecule is N#CCN1CCC(NC(=O)c2cnn3ccncc23)CC1. The van der Waals surface area contributed by atoms with Gasteiger partial charge in [-0.3, -0.25) is 14.7 Å². The number of nitriles is 1. The molecule has 0 spiro atoms. The number of likely N-dealkylation sites (tertiary alicyclic amines) is 1. The van der Waals surface area contributed by atoms with Crippen LogP contribution in [0.25, 0.3) is 5.52 Å². The van der Waals surface area contributed by atoms with Crippen LogP contribution in [0.5, 0.6) is 0 Å². The Hall–Kier alpha value is -2.46. The minimum absolute atomic E-state index is 0.114. The number of hydrogen-bond acceptors (Lipinski definition) is 5. The van der Waals surface area contributed by atoms with Crippen molar-refractivity contribution < 1.29 is 4.79 Å². The Labute approximate surface area is 122 Å². The first-order valence-electron chi connectivity index (χ1n) is 6.95. The van der Waals surface area contributed by atoms with E-state index in [9.17, 15) is 4.79 Å². The Bertz CT molecular complexity index is 680. The van der Waals surface area contributed by atoms with Gasteiger partial charge < -0.3 is 5.32 Å². The third-order valence-corrected chi connectivity index (χ3v) is 3.79. The standard InChI is InChI=1S/C14H16N6O/c15-3-7-19-5-1-11(2-6-19)18-14(21)12-9-17-20-8-4-16-10-13(12)20/h4,8-11H,1-2,5-7H2,(H,18,21). The van der Waals surface area contributed by atoms with E-state index in [0.717, 1.165) is 25.9 Å². The number of amides is 1. The molecule has 3 rings (SSSR count). The predicted molar refractivity (Wildman–Crippen MR) is 75.5 cm³/mol. The zero-order valence-corrected chi connectivity index (χ0v) is 11.6. The van der Waals surface area contributed by atoms with Gasteiger partial charge in [0.2, 0.25) is 0 Å². The van der Waals surface area contributed by atoms with Crippen molar-refractivity contribution in [2.24, 2.45) is 0 Å². The van der Waals surface area contributed by atoms with Crippen molar-refractivity contribution >= 4 is 11.4 Å².